The van der Waals surface area contributed by atoms with Crippen molar-refractivity contribution in [2.75, 3.05) is 18.0 Å². The maximum absolute atomic E-state index is 12.3. The topological polar surface area (TPSA) is 71.0 Å². The third-order valence-electron chi connectivity index (χ3n) is 3.32. The van der Waals surface area contributed by atoms with Crippen LogP contribution >= 0.6 is 0 Å². The number of carbonyl (C=O) groups is 1. The maximum Gasteiger partial charge on any atom is 0.270 e. The zero-order valence-corrected chi connectivity index (χ0v) is 13.2. The average Bonchev–Trinajstić information content (AvgIpc) is 2.54. The maximum atomic E-state index is 12.3. The Hall–Kier alpha value is -2.50. The van der Waals surface area contributed by atoms with Gasteiger partial charge in [0, 0.05) is 37.7 Å². The summed E-state index contributed by atoms with van der Waals surface area (Å²) in [6, 6.07) is 5.44. The molecule has 0 aromatic carbocycles. The highest BCUT2D eigenvalue weighted by atomic mass is 16.1. The molecule has 0 aliphatic rings. The number of hydrogen-bond donors (Lipinski definition) is 1. The van der Waals surface area contributed by atoms with Crippen LogP contribution in [0.1, 0.15) is 35.6 Å². The van der Waals surface area contributed by atoms with Crippen LogP contribution in [0, 0.1) is 6.92 Å². The highest BCUT2D eigenvalue weighted by Gasteiger charge is 2.13. The van der Waals surface area contributed by atoms with E-state index in [1.54, 1.807) is 18.5 Å². The number of anilines is 1. The minimum atomic E-state index is -0.198. The first-order chi connectivity index (χ1) is 10.6. The summed E-state index contributed by atoms with van der Waals surface area (Å²) in [7, 11) is 0. The first-order valence-electron chi connectivity index (χ1n) is 7.41. The Morgan fingerprint density at radius 1 is 1.18 bits per heavy atom. The van der Waals surface area contributed by atoms with Gasteiger partial charge >= 0.3 is 0 Å². The third kappa shape index (κ3) is 4.00. The summed E-state index contributed by atoms with van der Waals surface area (Å²) in [6.07, 6.45) is 3.41. The van der Waals surface area contributed by atoms with Gasteiger partial charge in [0.2, 0.25) is 5.95 Å². The van der Waals surface area contributed by atoms with Crippen molar-refractivity contribution in [3.8, 4) is 0 Å². The smallest absolute Gasteiger partial charge is 0.270 e. The molecule has 0 radical (unpaired) electrons. The molecule has 0 saturated carbocycles. The molecular formula is C16H21N5O. The summed E-state index contributed by atoms with van der Waals surface area (Å²) in [5, 5.41) is 2.87. The molecule has 22 heavy (non-hydrogen) atoms. The summed E-state index contributed by atoms with van der Waals surface area (Å²) < 4.78 is 0. The number of aromatic nitrogens is 3. The Morgan fingerprint density at radius 3 is 2.50 bits per heavy atom. The molecule has 116 valence electrons. The van der Waals surface area contributed by atoms with Gasteiger partial charge in [-0.2, -0.15) is 0 Å². The lowest BCUT2D eigenvalue weighted by atomic mass is 10.2. The van der Waals surface area contributed by atoms with Gasteiger partial charge in [-0.15, -0.1) is 0 Å². The van der Waals surface area contributed by atoms with Crippen LogP contribution in [0.5, 0.6) is 0 Å². The highest BCUT2D eigenvalue weighted by Crippen LogP contribution is 2.10. The van der Waals surface area contributed by atoms with E-state index in [9.17, 15) is 4.79 Å². The molecule has 0 fully saturated rings. The second kappa shape index (κ2) is 7.49. The van der Waals surface area contributed by atoms with Gasteiger partial charge in [-0.05, 0) is 44.5 Å². The van der Waals surface area contributed by atoms with Crippen molar-refractivity contribution in [2.24, 2.45) is 0 Å². The Labute approximate surface area is 130 Å². The monoisotopic (exact) mass is 299 g/mol. The second-order valence-electron chi connectivity index (χ2n) is 4.90. The van der Waals surface area contributed by atoms with Crippen LogP contribution in [-0.4, -0.2) is 33.9 Å². The van der Waals surface area contributed by atoms with Crippen molar-refractivity contribution in [1.29, 1.82) is 0 Å². The van der Waals surface area contributed by atoms with Crippen molar-refractivity contribution in [1.82, 2.24) is 20.3 Å². The van der Waals surface area contributed by atoms with E-state index in [1.165, 1.54) is 0 Å². The van der Waals surface area contributed by atoms with E-state index < -0.39 is 0 Å². The fourth-order valence-corrected chi connectivity index (χ4v) is 2.09. The summed E-state index contributed by atoms with van der Waals surface area (Å²) in [6.45, 7) is 8.01. The molecule has 2 rings (SSSR count). The van der Waals surface area contributed by atoms with Crippen molar-refractivity contribution in [3.05, 3.63) is 47.5 Å². The predicted octanol–water partition coefficient (Wildman–Crippen LogP) is 1.96. The Bertz CT molecular complexity index is 626. The van der Waals surface area contributed by atoms with Gasteiger partial charge in [-0.3, -0.25) is 9.78 Å². The molecule has 0 atom stereocenters. The lowest BCUT2D eigenvalue weighted by Crippen LogP contribution is -2.28. The zero-order chi connectivity index (χ0) is 15.9. The van der Waals surface area contributed by atoms with Crippen molar-refractivity contribution in [3.63, 3.8) is 0 Å². The Morgan fingerprint density at radius 2 is 1.86 bits per heavy atom. The van der Waals surface area contributed by atoms with Gasteiger partial charge in [0.25, 0.3) is 5.91 Å². The van der Waals surface area contributed by atoms with Gasteiger partial charge in [-0.1, -0.05) is 0 Å². The fraction of sp³-hybridized carbons (Fsp3) is 0.375. The standard InChI is InChI=1S/C16H21N5O/c1-4-21(5-2)16-19-12(3)10-14(20-16)15(22)18-11-13-6-8-17-9-7-13/h6-10H,4-5,11H2,1-3H3,(H,18,22). The van der Waals surface area contributed by atoms with E-state index in [1.807, 2.05) is 37.8 Å². The van der Waals surface area contributed by atoms with Gasteiger partial charge < -0.3 is 10.2 Å². The molecule has 1 N–H and O–H groups in total. The van der Waals surface area contributed by atoms with E-state index >= 15 is 0 Å². The Kier molecular flexibility index (Phi) is 5.41. The second-order valence-corrected chi connectivity index (χ2v) is 4.90. The molecule has 0 bridgehead atoms. The number of carbonyl (C=O) groups excluding carboxylic acids is 1. The molecule has 1 amide bonds. The van der Waals surface area contributed by atoms with E-state index in [4.69, 9.17) is 0 Å². The number of nitrogens with one attached hydrogen (secondary N) is 1. The van der Waals surface area contributed by atoms with Gasteiger partial charge in [0.15, 0.2) is 0 Å². The van der Waals surface area contributed by atoms with Crippen LogP contribution in [0.3, 0.4) is 0 Å². The average molecular weight is 299 g/mol. The molecule has 0 aliphatic carbocycles. The van der Waals surface area contributed by atoms with Crippen molar-refractivity contribution >= 4 is 11.9 Å². The first kappa shape index (κ1) is 15.9. The summed E-state index contributed by atoms with van der Waals surface area (Å²) in [5.74, 6) is 0.398. The number of pyridine rings is 1. The number of aryl methyl sites for hydroxylation is 1. The quantitative estimate of drug-likeness (QED) is 0.883. The third-order valence-corrected chi connectivity index (χ3v) is 3.32. The number of amides is 1. The first-order valence-corrected chi connectivity index (χ1v) is 7.41. The summed E-state index contributed by atoms with van der Waals surface area (Å²) in [5.41, 5.74) is 2.17. The lowest BCUT2D eigenvalue weighted by molar-refractivity contribution is 0.0945. The molecule has 2 aromatic rings. The van der Waals surface area contributed by atoms with Crippen LogP contribution in [0.2, 0.25) is 0 Å². The molecule has 2 heterocycles. The van der Waals surface area contributed by atoms with E-state index in [0.29, 0.717) is 18.2 Å². The SMILES string of the molecule is CCN(CC)c1nc(C)cc(C(=O)NCc2ccncc2)n1. The van der Waals surface area contributed by atoms with E-state index in [0.717, 1.165) is 24.3 Å². The van der Waals surface area contributed by atoms with Crippen LogP contribution in [0.25, 0.3) is 0 Å². The molecule has 0 saturated heterocycles. The van der Waals surface area contributed by atoms with Crippen LogP contribution < -0.4 is 10.2 Å². The fourth-order valence-electron chi connectivity index (χ4n) is 2.09. The van der Waals surface area contributed by atoms with Gasteiger partial charge in [0.05, 0.1) is 0 Å². The Balaban J connectivity index is 2.12. The lowest BCUT2D eigenvalue weighted by Gasteiger charge is -2.19. The van der Waals surface area contributed by atoms with Crippen LogP contribution in [0.15, 0.2) is 30.6 Å². The normalized spacial score (nSPS) is 10.3. The molecular weight excluding hydrogens is 278 g/mol. The molecule has 6 heteroatoms. The minimum absolute atomic E-state index is 0.198. The molecule has 0 aliphatic heterocycles. The van der Waals surface area contributed by atoms with Crippen molar-refractivity contribution < 1.29 is 4.79 Å². The summed E-state index contributed by atoms with van der Waals surface area (Å²) >= 11 is 0. The number of nitrogens with zero attached hydrogens (tertiary/aromatic N) is 4. The number of hydrogen-bond acceptors (Lipinski definition) is 5. The molecule has 0 spiro atoms. The highest BCUT2D eigenvalue weighted by molar-refractivity contribution is 5.92. The van der Waals surface area contributed by atoms with Crippen LogP contribution in [-0.2, 0) is 6.54 Å². The molecule has 2 aromatic heterocycles. The van der Waals surface area contributed by atoms with Crippen molar-refractivity contribution in [2.45, 2.75) is 27.3 Å². The van der Waals surface area contributed by atoms with Gasteiger partial charge in [0.1, 0.15) is 5.69 Å². The largest absolute Gasteiger partial charge is 0.347 e. The summed E-state index contributed by atoms with van der Waals surface area (Å²) in [4.78, 5) is 27.0. The van der Waals surface area contributed by atoms with Crippen LogP contribution in [0.4, 0.5) is 5.95 Å². The molecule has 0 unspecified atom stereocenters. The zero-order valence-electron chi connectivity index (χ0n) is 13.2. The predicted molar refractivity (Wildman–Crippen MR) is 85.7 cm³/mol. The van der Waals surface area contributed by atoms with E-state index in [2.05, 4.69) is 20.3 Å². The number of rotatable bonds is 6. The van der Waals surface area contributed by atoms with E-state index in [-0.39, 0.29) is 5.91 Å². The van der Waals surface area contributed by atoms with Gasteiger partial charge in [-0.25, -0.2) is 9.97 Å². The minimum Gasteiger partial charge on any atom is -0.347 e. The molecule has 6 nitrogen and oxygen atoms in total.